The Morgan fingerprint density at radius 1 is 1.41 bits per heavy atom. The van der Waals surface area contributed by atoms with E-state index in [9.17, 15) is 14.0 Å². The largest absolute Gasteiger partial charge is 0.417 e. The monoisotopic (exact) mass is 351 g/mol. The third-order valence-electron chi connectivity index (χ3n) is 2.21. The van der Waals surface area contributed by atoms with Crippen LogP contribution in [-0.4, -0.2) is 17.9 Å². The third-order valence-corrected chi connectivity index (χ3v) is 2.61. The van der Waals surface area contributed by atoms with Gasteiger partial charge in [-0.2, -0.15) is 0 Å². The number of carbonyl (C=O) groups excluding carboxylic acids is 2. The van der Waals surface area contributed by atoms with Crippen LogP contribution in [0.1, 0.15) is 12.5 Å². The van der Waals surface area contributed by atoms with Crippen LogP contribution in [0.15, 0.2) is 24.3 Å². The van der Waals surface area contributed by atoms with Gasteiger partial charge in [0.25, 0.3) is 0 Å². The lowest BCUT2D eigenvalue weighted by molar-refractivity contribution is -0.118. The van der Waals surface area contributed by atoms with Crippen molar-refractivity contribution >= 4 is 34.9 Å². The van der Waals surface area contributed by atoms with Crippen molar-refractivity contribution in [3.8, 4) is 0 Å². The lowest BCUT2D eigenvalue weighted by Gasteiger charge is -2.14. The molecule has 0 spiro atoms. The van der Waals surface area contributed by atoms with Crippen molar-refractivity contribution in [3.05, 3.63) is 35.6 Å². The minimum atomic E-state index is -0.673. The van der Waals surface area contributed by atoms with Crippen LogP contribution in [0.4, 0.5) is 9.18 Å². The highest BCUT2D eigenvalue weighted by atomic mass is 127. The number of carbonyl (C=O) groups is 2. The Bertz CT molecular complexity index is 408. The minimum Gasteiger partial charge on any atom is -0.378 e. The van der Waals surface area contributed by atoms with Gasteiger partial charge in [-0.15, -0.1) is 0 Å². The zero-order chi connectivity index (χ0) is 12.8. The summed E-state index contributed by atoms with van der Waals surface area (Å²) in [5.74, 6) is -0.524. The molecule has 0 unspecified atom stereocenters. The first-order valence-corrected chi connectivity index (χ1v) is 5.75. The van der Waals surface area contributed by atoms with Crippen molar-refractivity contribution in [3.63, 3.8) is 0 Å². The van der Waals surface area contributed by atoms with E-state index in [0.717, 1.165) is 5.56 Å². The molecule has 92 valence electrons. The van der Waals surface area contributed by atoms with Gasteiger partial charge in [0.2, 0.25) is 0 Å². The van der Waals surface area contributed by atoms with E-state index in [4.69, 9.17) is 0 Å². The summed E-state index contributed by atoms with van der Waals surface area (Å²) >= 11 is 1.43. The summed E-state index contributed by atoms with van der Waals surface area (Å²) < 4.78 is 17.1. The smallest absolute Gasteiger partial charge is 0.378 e. The molecule has 1 aromatic rings. The molecule has 0 radical (unpaired) electrons. The van der Waals surface area contributed by atoms with E-state index in [1.54, 1.807) is 12.1 Å². The predicted molar refractivity (Wildman–Crippen MR) is 68.2 cm³/mol. The van der Waals surface area contributed by atoms with Gasteiger partial charge in [0.05, 0.1) is 6.04 Å². The summed E-state index contributed by atoms with van der Waals surface area (Å²) in [5, 5.41) is 2.42. The summed E-state index contributed by atoms with van der Waals surface area (Å²) in [5.41, 5.74) is 0.764. The van der Waals surface area contributed by atoms with Gasteiger partial charge >= 0.3 is 6.09 Å². The van der Waals surface area contributed by atoms with Crippen molar-refractivity contribution in [1.29, 1.82) is 0 Å². The average molecular weight is 351 g/mol. The number of Topliss-reactive ketones (excluding diaryl/α,β-unsaturated/α-hetero) is 1. The van der Waals surface area contributed by atoms with Crippen LogP contribution < -0.4 is 5.32 Å². The molecule has 17 heavy (non-hydrogen) atoms. The summed E-state index contributed by atoms with van der Waals surface area (Å²) in [6.07, 6.45) is -0.366. The second-order valence-electron chi connectivity index (χ2n) is 3.50. The fourth-order valence-corrected chi connectivity index (χ4v) is 1.44. The third kappa shape index (κ3) is 4.68. The highest BCUT2D eigenvalue weighted by Gasteiger charge is 2.18. The number of halogens is 2. The first kappa shape index (κ1) is 13.9. The van der Waals surface area contributed by atoms with Gasteiger partial charge in [0.1, 0.15) is 5.82 Å². The molecule has 4 nitrogen and oxygen atoms in total. The fraction of sp³-hybridized carbons (Fsp3) is 0.273. The standard InChI is InChI=1S/C11H11FINO3/c1-7(15)10(14-11(16)17-13)6-8-2-4-9(12)5-3-8/h2-5,10H,6H2,1H3,(H,14,16)/t10-/m0/s1. The summed E-state index contributed by atoms with van der Waals surface area (Å²) in [6, 6.07) is 5.10. The van der Waals surface area contributed by atoms with Crippen LogP contribution in [0.2, 0.25) is 0 Å². The summed E-state index contributed by atoms with van der Waals surface area (Å²) in [4.78, 5) is 22.3. The van der Waals surface area contributed by atoms with Crippen LogP contribution in [-0.2, 0) is 14.3 Å². The van der Waals surface area contributed by atoms with Crippen molar-refractivity contribution in [2.75, 3.05) is 0 Å². The Labute approximate surface area is 112 Å². The van der Waals surface area contributed by atoms with Gasteiger partial charge < -0.3 is 8.38 Å². The molecule has 0 aliphatic carbocycles. The van der Waals surface area contributed by atoms with Crippen molar-refractivity contribution < 1.29 is 17.0 Å². The molecule has 1 rings (SSSR count). The first-order valence-electron chi connectivity index (χ1n) is 4.87. The number of rotatable bonds is 4. The van der Waals surface area contributed by atoms with Crippen molar-refractivity contribution in [2.45, 2.75) is 19.4 Å². The van der Waals surface area contributed by atoms with E-state index in [2.05, 4.69) is 8.38 Å². The van der Waals surface area contributed by atoms with E-state index in [-0.39, 0.29) is 11.6 Å². The lowest BCUT2D eigenvalue weighted by atomic mass is 10.0. The van der Waals surface area contributed by atoms with E-state index < -0.39 is 12.1 Å². The highest BCUT2D eigenvalue weighted by molar-refractivity contribution is 14.1. The molecule has 0 bridgehead atoms. The van der Waals surface area contributed by atoms with Gasteiger partial charge in [-0.1, -0.05) is 12.1 Å². The van der Waals surface area contributed by atoms with E-state index >= 15 is 0 Å². The van der Waals surface area contributed by atoms with Gasteiger partial charge in [-0.25, -0.2) is 9.18 Å². The van der Waals surface area contributed by atoms with Crippen LogP contribution in [0.5, 0.6) is 0 Å². The number of benzene rings is 1. The van der Waals surface area contributed by atoms with Gasteiger partial charge in [0, 0.05) is 0 Å². The van der Waals surface area contributed by atoms with Gasteiger partial charge in [-0.3, -0.25) is 4.79 Å². The minimum absolute atomic E-state index is 0.184. The molecule has 0 aromatic heterocycles. The maximum absolute atomic E-state index is 12.7. The molecule has 0 heterocycles. The Morgan fingerprint density at radius 3 is 2.47 bits per heavy atom. The predicted octanol–water partition coefficient (Wildman–Crippen LogP) is 2.40. The molecule has 1 aromatic carbocycles. The number of amides is 1. The van der Waals surface area contributed by atoms with Crippen LogP contribution in [0.25, 0.3) is 0 Å². The Hall–Kier alpha value is -1.18. The van der Waals surface area contributed by atoms with Crippen LogP contribution in [0.3, 0.4) is 0 Å². The number of nitrogens with one attached hydrogen (secondary N) is 1. The van der Waals surface area contributed by atoms with Crippen molar-refractivity contribution in [2.24, 2.45) is 0 Å². The van der Waals surface area contributed by atoms with Crippen LogP contribution >= 0.6 is 23.0 Å². The maximum Gasteiger partial charge on any atom is 0.417 e. The van der Waals surface area contributed by atoms with Gasteiger partial charge in [-0.05, 0) is 31.0 Å². The lowest BCUT2D eigenvalue weighted by Crippen LogP contribution is -2.40. The molecule has 1 atom stereocenters. The molecule has 1 amide bonds. The second kappa shape index (κ2) is 6.53. The molecule has 0 saturated heterocycles. The first-order chi connectivity index (χ1) is 8.02. The number of hydrogen-bond acceptors (Lipinski definition) is 3. The molecule has 1 N–H and O–H groups in total. The highest BCUT2D eigenvalue weighted by Crippen LogP contribution is 2.07. The zero-order valence-corrected chi connectivity index (χ0v) is 11.2. The normalized spacial score (nSPS) is 11.7. The van der Waals surface area contributed by atoms with E-state index in [1.165, 1.54) is 42.1 Å². The Balaban J connectivity index is 2.70. The topological polar surface area (TPSA) is 55.4 Å². The van der Waals surface area contributed by atoms with Crippen LogP contribution in [0, 0.1) is 5.82 Å². The van der Waals surface area contributed by atoms with E-state index in [1.807, 2.05) is 0 Å². The summed E-state index contributed by atoms with van der Waals surface area (Å²) in [7, 11) is 0. The molecular formula is C11H11FINO3. The second-order valence-corrected chi connectivity index (χ2v) is 3.94. The quantitative estimate of drug-likeness (QED) is 0.848. The Kier molecular flexibility index (Phi) is 5.33. The number of ketones is 1. The maximum atomic E-state index is 12.7. The van der Waals surface area contributed by atoms with E-state index in [0.29, 0.717) is 6.42 Å². The zero-order valence-electron chi connectivity index (χ0n) is 9.07. The average Bonchev–Trinajstić information content (AvgIpc) is 2.30. The van der Waals surface area contributed by atoms with Gasteiger partial charge in [0.15, 0.2) is 28.8 Å². The Morgan fingerprint density at radius 2 is 2.00 bits per heavy atom. The molecule has 6 heteroatoms. The molecule has 0 saturated carbocycles. The molecule has 0 aliphatic heterocycles. The summed E-state index contributed by atoms with van der Waals surface area (Å²) in [6.45, 7) is 1.38. The molecular weight excluding hydrogens is 340 g/mol. The molecule has 0 aliphatic rings. The fourth-order valence-electron chi connectivity index (χ4n) is 1.32. The SMILES string of the molecule is CC(=O)[C@H](Cc1ccc(F)cc1)NC(=O)OI. The molecule has 0 fully saturated rings. The number of hydrogen-bond donors (Lipinski definition) is 1. The van der Waals surface area contributed by atoms with Crippen molar-refractivity contribution in [1.82, 2.24) is 5.32 Å².